The minimum absolute atomic E-state index is 0.141. The van der Waals surface area contributed by atoms with E-state index in [1.165, 1.54) is 0 Å². The van der Waals surface area contributed by atoms with E-state index in [-0.39, 0.29) is 12.5 Å². The highest BCUT2D eigenvalue weighted by molar-refractivity contribution is 6.03. The summed E-state index contributed by atoms with van der Waals surface area (Å²) in [4.78, 5) is 23.5. The largest absolute Gasteiger partial charge is 0.444 e. The Morgan fingerprint density at radius 1 is 1.11 bits per heavy atom. The minimum Gasteiger partial charge on any atom is -0.444 e. The van der Waals surface area contributed by atoms with Crippen LogP contribution < -0.4 is 10.6 Å². The zero-order valence-corrected chi connectivity index (χ0v) is 16.4. The number of methoxy groups -OCH3 is 1. The molecule has 0 unspecified atom stereocenters. The highest BCUT2D eigenvalue weighted by Crippen LogP contribution is 2.22. The highest BCUT2D eigenvalue weighted by atomic mass is 16.6. The van der Waals surface area contributed by atoms with Gasteiger partial charge in [-0.3, -0.25) is 4.79 Å². The topological polar surface area (TPSA) is 76.7 Å². The Kier molecular flexibility index (Phi) is 9.02. The molecule has 0 aliphatic carbocycles. The Balaban J connectivity index is 0.000000646. The van der Waals surface area contributed by atoms with Gasteiger partial charge >= 0.3 is 6.09 Å². The van der Waals surface area contributed by atoms with Gasteiger partial charge in [-0.1, -0.05) is 42.5 Å². The van der Waals surface area contributed by atoms with Crippen LogP contribution in [0.15, 0.2) is 55.1 Å². The molecule has 0 atom stereocenters. The quantitative estimate of drug-likeness (QED) is 0.774. The predicted octanol–water partition coefficient (Wildman–Crippen LogP) is 4.12. The average Bonchev–Trinajstić information content (AvgIpc) is 2.60. The number of ether oxygens (including phenoxy) is 2. The summed E-state index contributed by atoms with van der Waals surface area (Å²) in [6.07, 6.45) is 1.10. The van der Waals surface area contributed by atoms with Crippen LogP contribution in [0.1, 0.15) is 20.8 Å². The van der Waals surface area contributed by atoms with Gasteiger partial charge in [0.05, 0.1) is 6.61 Å². The second-order valence-electron chi connectivity index (χ2n) is 6.67. The maximum Gasteiger partial charge on any atom is 0.408 e. The number of carbonyl (C=O) groups is 2. The summed E-state index contributed by atoms with van der Waals surface area (Å²) in [5.41, 5.74) is 0.130. The molecular formula is C21H28N2O4. The smallest absolute Gasteiger partial charge is 0.408 e. The van der Waals surface area contributed by atoms with E-state index in [0.717, 1.165) is 10.8 Å². The standard InChI is InChI=1S/C17H20N2O3.C4H8O/c1-17(2,3)22-16(21)18-11-15(20)19-14-10-6-8-12-7-4-5-9-13(12)14;1-3-4-5-2/h4-10H,11H2,1-3H3,(H,18,21)(H,19,20);3H,1,4H2,2H3. The number of rotatable bonds is 5. The molecular weight excluding hydrogens is 344 g/mol. The summed E-state index contributed by atoms with van der Waals surface area (Å²) in [6, 6.07) is 13.4. The van der Waals surface area contributed by atoms with E-state index in [9.17, 15) is 9.59 Å². The van der Waals surface area contributed by atoms with Crippen molar-refractivity contribution in [2.24, 2.45) is 0 Å². The van der Waals surface area contributed by atoms with Crippen molar-refractivity contribution >= 4 is 28.5 Å². The molecule has 27 heavy (non-hydrogen) atoms. The molecule has 0 aliphatic heterocycles. The molecule has 2 amide bonds. The fraction of sp³-hybridized carbons (Fsp3) is 0.333. The van der Waals surface area contributed by atoms with Crippen LogP contribution >= 0.6 is 0 Å². The lowest BCUT2D eigenvalue weighted by Gasteiger charge is -2.19. The van der Waals surface area contributed by atoms with Gasteiger partial charge in [-0.05, 0) is 32.2 Å². The first-order valence-electron chi connectivity index (χ1n) is 8.61. The predicted molar refractivity (Wildman–Crippen MR) is 109 cm³/mol. The number of anilines is 1. The van der Waals surface area contributed by atoms with Gasteiger partial charge in [-0.15, -0.1) is 6.58 Å². The molecule has 0 saturated carbocycles. The lowest BCUT2D eigenvalue weighted by Crippen LogP contribution is -2.37. The zero-order valence-electron chi connectivity index (χ0n) is 16.4. The molecule has 2 N–H and O–H groups in total. The Morgan fingerprint density at radius 3 is 2.37 bits per heavy atom. The van der Waals surface area contributed by atoms with Gasteiger partial charge < -0.3 is 20.1 Å². The number of carbonyl (C=O) groups excluding carboxylic acids is 2. The molecule has 0 heterocycles. The first-order chi connectivity index (χ1) is 12.8. The molecule has 0 saturated heterocycles. The zero-order chi connectivity index (χ0) is 20.3. The van der Waals surface area contributed by atoms with E-state index in [1.54, 1.807) is 34.0 Å². The van der Waals surface area contributed by atoms with Crippen LogP contribution in [0.5, 0.6) is 0 Å². The number of amides is 2. The number of alkyl carbamates (subject to hydrolysis) is 1. The van der Waals surface area contributed by atoms with Gasteiger partial charge in [0.1, 0.15) is 12.1 Å². The van der Waals surface area contributed by atoms with E-state index in [4.69, 9.17) is 4.74 Å². The Hall–Kier alpha value is -2.86. The minimum atomic E-state index is -0.611. The molecule has 0 aromatic heterocycles. The van der Waals surface area contributed by atoms with Crippen molar-refractivity contribution in [1.82, 2.24) is 5.32 Å². The van der Waals surface area contributed by atoms with E-state index < -0.39 is 11.7 Å². The lowest BCUT2D eigenvalue weighted by molar-refractivity contribution is -0.115. The lowest BCUT2D eigenvalue weighted by atomic mass is 10.1. The van der Waals surface area contributed by atoms with Crippen molar-refractivity contribution in [3.05, 3.63) is 55.1 Å². The van der Waals surface area contributed by atoms with Gasteiger partial charge in [0, 0.05) is 18.2 Å². The van der Waals surface area contributed by atoms with Crippen molar-refractivity contribution in [1.29, 1.82) is 0 Å². The van der Waals surface area contributed by atoms with E-state index >= 15 is 0 Å². The van der Waals surface area contributed by atoms with E-state index in [0.29, 0.717) is 12.3 Å². The number of fused-ring (bicyclic) bond motifs is 1. The molecule has 0 fully saturated rings. The van der Waals surface area contributed by atoms with E-state index in [2.05, 4.69) is 21.9 Å². The number of hydrogen-bond donors (Lipinski definition) is 2. The van der Waals surface area contributed by atoms with Crippen molar-refractivity contribution in [2.45, 2.75) is 26.4 Å². The van der Waals surface area contributed by atoms with Gasteiger partial charge in [0.25, 0.3) is 0 Å². The maximum absolute atomic E-state index is 11.9. The fourth-order valence-corrected chi connectivity index (χ4v) is 2.11. The van der Waals surface area contributed by atoms with Crippen LogP contribution in [0.2, 0.25) is 0 Å². The van der Waals surface area contributed by atoms with Gasteiger partial charge in [-0.2, -0.15) is 0 Å². The summed E-state index contributed by atoms with van der Waals surface area (Å²) in [5.74, 6) is -0.304. The summed E-state index contributed by atoms with van der Waals surface area (Å²) in [7, 11) is 1.64. The molecule has 0 aliphatic rings. The van der Waals surface area contributed by atoms with Gasteiger partial charge in [0.15, 0.2) is 0 Å². The second kappa shape index (κ2) is 11.0. The number of hydrogen-bond acceptors (Lipinski definition) is 4. The molecule has 0 radical (unpaired) electrons. The van der Waals surface area contributed by atoms with E-state index in [1.807, 2.05) is 42.5 Å². The Bertz CT molecular complexity index is 761. The van der Waals surface area contributed by atoms with Crippen molar-refractivity contribution < 1.29 is 19.1 Å². The SMILES string of the molecule is C=CCOC.CC(C)(C)OC(=O)NCC(=O)Nc1cccc2ccccc12. The fourth-order valence-electron chi connectivity index (χ4n) is 2.11. The van der Waals surface area contributed by atoms with Crippen molar-refractivity contribution in [2.75, 3.05) is 25.6 Å². The Morgan fingerprint density at radius 2 is 1.78 bits per heavy atom. The van der Waals surface area contributed by atoms with Gasteiger partial charge in [0.2, 0.25) is 5.91 Å². The number of nitrogens with one attached hydrogen (secondary N) is 2. The van der Waals surface area contributed by atoms with Crippen molar-refractivity contribution in [3.8, 4) is 0 Å². The average molecular weight is 372 g/mol. The first-order valence-corrected chi connectivity index (χ1v) is 8.61. The van der Waals surface area contributed by atoms with Crippen LogP contribution in [-0.4, -0.2) is 37.9 Å². The number of benzene rings is 2. The van der Waals surface area contributed by atoms with Crippen molar-refractivity contribution in [3.63, 3.8) is 0 Å². The van der Waals surface area contributed by atoms with Crippen LogP contribution in [-0.2, 0) is 14.3 Å². The summed E-state index contributed by atoms with van der Waals surface area (Å²) in [6.45, 7) is 9.24. The summed E-state index contributed by atoms with van der Waals surface area (Å²) >= 11 is 0. The summed E-state index contributed by atoms with van der Waals surface area (Å²) in [5, 5.41) is 7.22. The van der Waals surface area contributed by atoms with Crippen LogP contribution in [0.3, 0.4) is 0 Å². The molecule has 6 heteroatoms. The molecule has 2 aromatic rings. The third kappa shape index (κ3) is 8.87. The third-order valence-corrected chi connectivity index (χ3v) is 3.14. The molecule has 146 valence electrons. The molecule has 6 nitrogen and oxygen atoms in total. The third-order valence-electron chi connectivity index (χ3n) is 3.14. The molecule has 2 rings (SSSR count). The first kappa shape index (κ1) is 22.2. The van der Waals surface area contributed by atoms with Crippen LogP contribution in [0, 0.1) is 0 Å². The molecule has 0 spiro atoms. The molecule has 2 aromatic carbocycles. The Labute approximate surface area is 160 Å². The second-order valence-corrected chi connectivity index (χ2v) is 6.67. The molecule has 0 bridgehead atoms. The monoisotopic (exact) mass is 372 g/mol. The van der Waals surface area contributed by atoms with Crippen LogP contribution in [0.25, 0.3) is 10.8 Å². The summed E-state index contributed by atoms with van der Waals surface area (Å²) < 4.78 is 9.65. The maximum atomic E-state index is 11.9. The van der Waals surface area contributed by atoms with Gasteiger partial charge in [-0.25, -0.2) is 4.79 Å². The highest BCUT2D eigenvalue weighted by Gasteiger charge is 2.16. The van der Waals surface area contributed by atoms with Crippen LogP contribution in [0.4, 0.5) is 10.5 Å². The normalized spacial score (nSPS) is 10.4.